The Morgan fingerprint density at radius 1 is 0.550 bits per heavy atom. The van der Waals surface area contributed by atoms with Gasteiger partial charge >= 0.3 is 14.2 Å². The van der Waals surface area contributed by atoms with Crippen LogP contribution in [-0.4, -0.2) is 39.9 Å². The molecule has 2 heterocycles. The van der Waals surface area contributed by atoms with Crippen molar-refractivity contribution in [3.63, 3.8) is 0 Å². The molecule has 0 spiro atoms. The van der Waals surface area contributed by atoms with Crippen LogP contribution in [0, 0.1) is 23.3 Å². The van der Waals surface area contributed by atoms with Crippen LogP contribution >= 0.6 is 0 Å². The van der Waals surface area contributed by atoms with Crippen LogP contribution in [0.3, 0.4) is 0 Å². The Kier molecular flexibility index (Phi) is 13.6. The lowest BCUT2D eigenvalue weighted by molar-refractivity contribution is 0.00351. The van der Waals surface area contributed by atoms with Crippen molar-refractivity contribution >= 4 is 22.6 Å². The van der Waals surface area contributed by atoms with E-state index >= 15 is 0 Å². The largest absolute Gasteiger partial charge is 0.486 e. The van der Waals surface area contributed by atoms with Crippen molar-refractivity contribution in [2.75, 3.05) is 0 Å². The fourth-order valence-electron chi connectivity index (χ4n) is 9.71. The zero-order valence-electron chi connectivity index (χ0n) is 36.9. The molecule has 12 heteroatoms. The van der Waals surface area contributed by atoms with Crippen molar-refractivity contribution in [1.82, 2.24) is 0 Å². The van der Waals surface area contributed by atoms with Gasteiger partial charge in [0.2, 0.25) is 8.32 Å². The maximum Gasteiger partial charge on any atom is 0.486 e. The smallest absolute Gasteiger partial charge is 0.413 e. The quantitative estimate of drug-likeness (QED) is 0.0881. The SMILES string of the molecule is CCC[C@H](O[Si](C(C)C)(C(C)C)C(C)C)[C@@H](/C=C/B1OC(C)(C)C(C)(C)O1)B1OC(c2ccc(F)cc2)(c2ccc(F)cc2)C(c2ccc(F)cc2)(c2ccc(F)cc2)O1. The summed E-state index contributed by atoms with van der Waals surface area (Å²) in [6.07, 6.45) is 2.98. The molecule has 4 aromatic rings. The monoisotopic (exact) mass is 842 g/mol. The summed E-state index contributed by atoms with van der Waals surface area (Å²) >= 11 is 0. The van der Waals surface area contributed by atoms with Gasteiger partial charge in [-0.3, -0.25) is 0 Å². The Morgan fingerprint density at radius 3 is 1.15 bits per heavy atom. The molecule has 4 aromatic carbocycles. The third-order valence-corrected chi connectivity index (χ3v) is 19.4. The van der Waals surface area contributed by atoms with Gasteiger partial charge in [-0.15, -0.1) is 0 Å². The van der Waals surface area contributed by atoms with Gasteiger partial charge in [-0.25, -0.2) is 17.6 Å². The van der Waals surface area contributed by atoms with Gasteiger partial charge in [0, 0.05) is 11.9 Å². The predicted octanol–water partition coefficient (Wildman–Crippen LogP) is 12.9. The number of rotatable bonds is 15. The first kappa shape index (κ1) is 46.0. The average molecular weight is 843 g/mol. The second-order valence-electron chi connectivity index (χ2n) is 18.3. The second kappa shape index (κ2) is 17.7. The molecular weight excluding hydrogens is 782 g/mol. The van der Waals surface area contributed by atoms with E-state index < -0.39 is 80.1 Å². The second-order valence-corrected chi connectivity index (χ2v) is 23.8. The Labute approximate surface area is 356 Å². The summed E-state index contributed by atoms with van der Waals surface area (Å²) in [5.41, 5.74) is -1.95. The molecule has 0 N–H and O–H groups in total. The first-order valence-electron chi connectivity index (χ1n) is 21.4. The van der Waals surface area contributed by atoms with Crippen LogP contribution in [-0.2, 0) is 34.2 Å². The zero-order chi connectivity index (χ0) is 43.8. The molecule has 320 valence electrons. The van der Waals surface area contributed by atoms with Gasteiger partial charge in [0.15, 0.2) is 0 Å². The lowest BCUT2D eigenvalue weighted by atomic mass is 9.66. The number of hydrogen-bond donors (Lipinski definition) is 0. The van der Waals surface area contributed by atoms with E-state index in [9.17, 15) is 17.6 Å². The molecule has 2 atom stereocenters. The van der Waals surface area contributed by atoms with E-state index in [1.807, 2.05) is 39.7 Å². The van der Waals surface area contributed by atoms with Gasteiger partial charge in [0.1, 0.15) is 34.5 Å². The number of halogens is 4. The molecule has 0 unspecified atom stereocenters. The highest BCUT2D eigenvalue weighted by Gasteiger charge is 2.67. The molecule has 2 saturated heterocycles. The summed E-state index contributed by atoms with van der Waals surface area (Å²) in [6.45, 7) is 23.6. The first-order valence-corrected chi connectivity index (χ1v) is 23.5. The molecule has 0 aromatic heterocycles. The highest BCUT2D eigenvalue weighted by Crippen LogP contribution is 2.61. The van der Waals surface area contributed by atoms with E-state index in [-0.39, 0.29) is 16.6 Å². The molecule has 0 bridgehead atoms. The van der Waals surface area contributed by atoms with Gasteiger partial charge in [0.05, 0.1) is 11.2 Å². The minimum atomic E-state index is -2.57. The van der Waals surface area contributed by atoms with Gasteiger partial charge < -0.3 is 23.0 Å². The lowest BCUT2D eigenvalue weighted by Crippen LogP contribution is -2.52. The predicted molar refractivity (Wildman–Crippen MR) is 235 cm³/mol. The summed E-state index contributed by atoms with van der Waals surface area (Å²) in [7, 11) is -4.40. The van der Waals surface area contributed by atoms with Crippen LogP contribution in [0.2, 0.25) is 22.4 Å². The minimum absolute atomic E-state index is 0.255. The maximum absolute atomic E-state index is 14.9. The van der Waals surface area contributed by atoms with Crippen LogP contribution in [0.4, 0.5) is 17.6 Å². The Morgan fingerprint density at radius 2 is 0.867 bits per heavy atom. The molecule has 2 aliphatic heterocycles. The third-order valence-electron chi connectivity index (χ3n) is 13.2. The van der Waals surface area contributed by atoms with Gasteiger partial charge in [-0.2, -0.15) is 0 Å². The fourth-order valence-corrected chi connectivity index (χ4v) is 15.3. The molecule has 0 aliphatic carbocycles. The van der Waals surface area contributed by atoms with Crippen molar-refractivity contribution in [1.29, 1.82) is 0 Å². The topological polar surface area (TPSA) is 46.2 Å². The molecule has 6 rings (SSSR count). The van der Waals surface area contributed by atoms with E-state index in [1.54, 1.807) is 48.5 Å². The Bertz CT molecular complexity index is 1840. The first-order chi connectivity index (χ1) is 28.2. The molecule has 2 aliphatic rings. The molecule has 5 nitrogen and oxygen atoms in total. The zero-order valence-corrected chi connectivity index (χ0v) is 37.9. The molecule has 60 heavy (non-hydrogen) atoms. The Balaban J connectivity index is 1.69. The highest BCUT2D eigenvalue weighted by atomic mass is 28.4. The summed E-state index contributed by atoms with van der Waals surface area (Å²) in [4.78, 5) is 0. The summed E-state index contributed by atoms with van der Waals surface area (Å²) in [5.74, 6) is -0.639. The molecule has 0 saturated carbocycles. The number of benzene rings is 4. The number of hydrogen-bond acceptors (Lipinski definition) is 5. The molecule has 0 amide bonds. The summed E-state index contributed by atoms with van der Waals surface area (Å²) in [6, 6.07) is 23.7. The van der Waals surface area contributed by atoms with Crippen molar-refractivity contribution in [3.05, 3.63) is 155 Å². The third kappa shape index (κ3) is 8.25. The van der Waals surface area contributed by atoms with E-state index in [1.165, 1.54) is 48.5 Å². The van der Waals surface area contributed by atoms with Crippen molar-refractivity contribution in [3.8, 4) is 0 Å². The van der Waals surface area contributed by atoms with Gasteiger partial charge in [-0.1, -0.05) is 115 Å². The van der Waals surface area contributed by atoms with E-state index in [0.29, 0.717) is 28.7 Å². The highest BCUT2D eigenvalue weighted by molar-refractivity contribution is 6.77. The fraction of sp³-hybridized carbons (Fsp3) is 0.458. The summed E-state index contributed by atoms with van der Waals surface area (Å²) < 4.78 is 95.6. The van der Waals surface area contributed by atoms with Crippen molar-refractivity contribution in [2.24, 2.45) is 0 Å². The molecular formula is C48H60B2F4O5Si. The summed E-state index contributed by atoms with van der Waals surface area (Å²) in [5, 5.41) is 0. The maximum atomic E-state index is 14.9. The van der Waals surface area contributed by atoms with Gasteiger partial charge in [-0.05, 0) is 122 Å². The molecule has 2 fully saturated rings. The van der Waals surface area contributed by atoms with Crippen LogP contribution in [0.15, 0.2) is 109 Å². The van der Waals surface area contributed by atoms with E-state index in [2.05, 4.69) is 48.5 Å². The minimum Gasteiger partial charge on any atom is -0.413 e. The van der Waals surface area contributed by atoms with Crippen molar-refractivity contribution < 1.29 is 40.6 Å². The van der Waals surface area contributed by atoms with E-state index in [0.717, 1.165) is 6.42 Å². The normalized spacial score (nSPS) is 19.6. The Hall–Kier alpha value is -3.51. The van der Waals surface area contributed by atoms with Crippen molar-refractivity contribution in [2.45, 2.75) is 140 Å². The van der Waals surface area contributed by atoms with Crippen LogP contribution in [0.1, 0.15) is 111 Å². The average Bonchev–Trinajstić information content (AvgIpc) is 3.64. The van der Waals surface area contributed by atoms with E-state index in [4.69, 9.17) is 23.0 Å². The lowest BCUT2D eigenvalue weighted by Gasteiger charge is -2.46. The van der Waals surface area contributed by atoms with Crippen LogP contribution in [0.25, 0.3) is 0 Å². The molecule has 0 radical (unpaired) electrons. The van der Waals surface area contributed by atoms with Crippen LogP contribution in [0.5, 0.6) is 0 Å². The standard InChI is InChI=1S/C48H60B2F4O5Si/c1-12-13-44(55-60(32(2)3,33(4)5)34(6)7)43(30-31-49-56-45(8,9)46(10,11)57-49)50-58-47(35-14-22-39(51)23-15-35,36-16-24-40(52)25-17-36)48(59-50,37-18-26-41(53)27-19-37)38-20-28-42(54)29-21-38/h14-34,43-44H,12-13H2,1-11H3/b31-30+/t43-,44+/m1/s1. The van der Waals surface area contributed by atoms with Gasteiger partial charge in [0.25, 0.3) is 0 Å². The van der Waals surface area contributed by atoms with Crippen LogP contribution < -0.4 is 0 Å².